The second kappa shape index (κ2) is 2.86. The summed E-state index contributed by atoms with van der Waals surface area (Å²) >= 11 is 0. The van der Waals surface area contributed by atoms with Crippen LogP contribution in [0.4, 0.5) is 0 Å². The van der Waals surface area contributed by atoms with E-state index in [2.05, 4.69) is 15.0 Å². The van der Waals surface area contributed by atoms with Crippen LogP contribution < -0.4 is 5.73 Å². The number of fused-ring (bicyclic) bond motifs is 1. The van der Waals surface area contributed by atoms with E-state index < -0.39 is 0 Å². The van der Waals surface area contributed by atoms with E-state index in [9.17, 15) is 0 Å². The van der Waals surface area contributed by atoms with Crippen molar-refractivity contribution in [2.75, 3.05) is 6.54 Å². The third-order valence-corrected chi connectivity index (χ3v) is 1.61. The summed E-state index contributed by atoms with van der Waals surface area (Å²) in [4.78, 5) is 12.1. The summed E-state index contributed by atoms with van der Waals surface area (Å²) in [6.45, 7) is 1.36. The van der Waals surface area contributed by atoms with E-state index >= 15 is 0 Å². The van der Waals surface area contributed by atoms with Gasteiger partial charge in [-0.3, -0.25) is 0 Å². The number of nitrogens with two attached hydrogens (primary N) is 1. The highest BCUT2D eigenvalue weighted by Crippen LogP contribution is 2.10. The van der Waals surface area contributed by atoms with Crippen molar-refractivity contribution in [2.24, 2.45) is 5.73 Å². The highest BCUT2D eigenvalue weighted by molar-refractivity contribution is 5.47. The van der Waals surface area contributed by atoms with Gasteiger partial charge in [-0.2, -0.15) is 0 Å². The van der Waals surface area contributed by atoms with Gasteiger partial charge in [0.1, 0.15) is 12.0 Å². The fourth-order valence-corrected chi connectivity index (χ4v) is 1.05. The summed E-state index contributed by atoms with van der Waals surface area (Å²) in [6.07, 6.45) is 5.11. The molecule has 0 saturated carbocycles. The van der Waals surface area contributed by atoms with Gasteiger partial charge in [-0.1, -0.05) is 0 Å². The van der Waals surface area contributed by atoms with Crippen LogP contribution in [-0.2, 0) is 6.54 Å². The SMILES string of the molecule is NCCn1cnc2ncnc-2c1. The molecular weight excluding hydrogens is 154 g/mol. The maximum Gasteiger partial charge on any atom is 0.182 e. The number of aromatic nitrogens is 4. The Balaban J connectivity index is 2.40. The van der Waals surface area contributed by atoms with E-state index in [4.69, 9.17) is 5.73 Å². The summed E-state index contributed by atoms with van der Waals surface area (Å²) in [6, 6.07) is 0. The molecule has 0 aromatic carbocycles. The maximum absolute atomic E-state index is 5.40. The van der Waals surface area contributed by atoms with Crippen LogP contribution in [0.3, 0.4) is 0 Å². The molecule has 0 aliphatic carbocycles. The summed E-state index contributed by atoms with van der Waals surface area (Å²) in [7, 11) is 0. The van der Waals surface area contributed by atoms with Crippen molar-refractivity contribution in [2.45, 2.75) is 6.54 Å². The average Bonchev–Trinajstić information content (AvgIpc) is 2.51. The lowest BCUT2D eigenvalue weighted by atomic mass is 10.4. The minimum absolute atomic E-state index is 0.603. The molecule has 0 fully saturated rings. The number of hydrogen-bond donors (Lipinski definition) is 1. The molecule has 2 rings (SSSR count). The van der Waals surface area contributed by atoms with E-state index in [1.54, 1.807) is 6.33 Å². The van der Waals surface area contributed by atoms with Crippen molar-refractivity contribution in [1.29, 1.82) is 0 Å². The van der Waals surface area contributed by atoms with Crippen molar-refractivity contribution >= 4 is 0 Å². The predicted octanol–water partition coefficient (Wildman–Crippen LogP) is -0.263. The van der Waals surface area contributed by atoms with Crippen molar-refractivity contribution in [3.8, 4) is 11.5 Å². The van der Waals surface area contributed by atoms with E-state index in [-0.39, 0.29) is 0 Å². The molecule has 0 aromatic heterocycles. The van der Waals surface area contributed by atoms with Gasteiger partial charge in [-0.25, -0.2) is 15.0 Å². The first-order chi connectivity index (χ1) is 5.90. The van der Waals surface area contributed by atoms with E-state index in [1.807, 2.05) is 10.8 Å². The first-order valence-corrected chi connectivity index (χ1v) is 3.72. The minimum atomic E-state index is 0.603. The lowest BCUT2D eigenvalue weighted by Crippen LogP contribution is -2.10. The van der Waals surface area contributed by atoms with Crippen LogP contribution in [-0.4, -0.2) is 26.1 Å². The van der Waals surface area contributed by atoms with Crippen LogP contribution in [0.1, 0.15) is 0 Å². The molecule has 2 N–H and O–H groups in total. The van der Waals surface area contributed by atoms with E-state index in [1.165, 1.54) is 6.33 Å². The zero-order chi connectivity index (χ0) is 8.39. The van der Waals surface area contributed by atoms with Gasteiger partial charge < -0.3 is 10.3 Å². The Hall–Kier alpha value is -1.49. The fourth-order valence-electron chi connectivity index (χ4n) is 1.05. The Labute approximate surface area is 69.6 Å². The minimum Gasteiger partial charge on any atom is -0.335 e. The van der Waals surface area contributed by atoms with Crippen LogP contribution in [0.2, 0.25) is 0 Å². The molecule has 0 spiro atoms. The molecule has 62 valence electrons. The lowest BCUT2D eigenvalue weighted by Gasteiger charge is -2.03. The largest absolute Gasteiger partial charge is 0.335 e. The monoisotopic (exact) mass is 163 g/mol. The molecule has 0 atom stereocenters. The van der Waals surface area contributed by atoms with Crippen molar-refractivity contribution in [3.05, 3.63) is 18.9 Å². The third-order valence-electron chi connectivity index (χ3n) is 1.61. The second-order valence-corrected chi connectivity index (χ2v) is 2.48. The Bertz CT molecular complexity index is 342. The van der Waals surface area contributed by atoms with Crippen molar-refractivity contribution < 1.29 is 0 Å². The van der Waals surface area contributed by atoms with Gasteiger partial charge in [0.2, 0.25) is 0 Å². The summed E-state index contributed by atoms with van der Waals surface area (Å²) < 4.78 is 1.90. The molecule has 0 saturated heterocycles. The Kier molecular flexibility index (Phi) is 1.71. The summed E-state index contributed by atoms with van der Waals surface area (Å²) in [5, 5.41) is 0. The molecule has 0 aromatic rings. The third kappa shape index (κ3) is 1.14. The fraction of sp³-hybridized carbons (Fsp3) is 0.286. The van der Waals surface area contributed by atoms with Gasteiger partial charge in [0.15, 0.2) is 5.82 Å². The topological polar surface area (TPSA) is 69.6 Å². The van der Waals surface area contributed by atoms with Gasteiger partial charge >= 0.3 is 0 Å². The molecule has 0 unspecified atom stereocenters. The zero-order valence-electron chi connectivity index (χ0n) is 6.51. The van der Waals surface area contributed by atoms with Crippen LogP contribution in [0.15, 0.2) is 18.9 Å². The van der Waals surface area contributed by atoms with Gasteiger partial charge in [0.05, 0.1) is 6.33 Å². The lowest BCUT2D eigenvalue weighted by molar-refractivity contribution is 0.687. The molecule has 0 amide bonds. The van der Waals surface area contributed by atoms with Crippen LogP contribution in [0.25, 0.3) is 11.5 Å². The molecular formula is C7H9N5. The quantitative estimate of drug-likeness (QED) is 0.662. The van der Waals surface area contributed by atoms with E-state index in [0.717, 1.165) is 12.2 Å². The van der Waals surface area contributed by atoms with Crippen LogP contribution >= 0.6 is 0 Å². The second-order valence-electron chi connectivity index (χ2n) is 2.48. The van der Waals surface area contributed by atoms with Crippen LogP contribution in [0, 0.1) is 0 Å². The summed E-state index contributed by atoms with van der Waals surface area (Å²) in [5.74, 6) is 0.684. The number of imidazole rings is 1. The Morgan fingerprint density at radius 3 is 3.08 bits per heavy atom. The van der Waals surface area contributed by atoms with Gasteiger partial charge in [0, 0.05) is 19.3 Å². The van der Waals surface area contributed by atoms with Gasteiger partial charge in [0.25, 0.3) is 0 Å². The predicted molar refractivity (Wildman–Crippen MR) is 43.5 cm³/mol. The van der Waals surface area contributed by atoms with Crippen molar-refractivity contribution in [3.63, 3.8) is 0 Å². The average molecular weight is 163 g/mol. The van der Waals surface area contributed by atoms with Gasteiger partial charge in [-0.15, -0.1) is 0 Å². The molecule has 2 aliphatic rings. The molecule has 12 heavy (non-hydrogen) atoms. The van der Waals surface area contributed by atoms with Crippen molar-refractivity contribution in [1.82, 2.24) is 19.5 Å². The van der Waals surface area contributed by atoms with Gasteiger partial charge in [-0.05, 0) is 0 Å². The smallest absolute Gasteiger partial charge is 0.182 e. The molecule has 5 nitrogen and oxygen atoms in total. The first kappa shape index (κ1) is 7.17. The highest BCUT2D eigenvalue weighted by Gasteiger charge is 2.05. The molecule has 2 aliphatic heterocycles. The number of rotatable bonds is 2. The standard InChI is InChI=1S/C7H9N5/c8-1-2-12-3-6-7(11-5-12)10-4-9-6/h3-5H,1-2,8H2. The number of nitrogens with zero attached hydrogens (tertiary/aromatic N) is 4. The van der Waals surface area contributed by atoms with Crippen LogP contribution in [0.5, 0.6) is 0 Å². The first-order valence-electron chi connectivity index (χ1n) is 3.72. The summed E-state index contributed by atoms with van der Waals surface area (Å²) in [5.41, 5.74) is 6.21. The normalized spacial score (nSPS) is 10.8. The number of hydrogen-bond acceptors (Lipinski definition) is 4. The maximum atomic E-state index is 5.40. The zero-order valence-corrected chi connectivity index (χ0v) is 6.51. The molecule has 0 radical (unpaired) electrons. The highest BCUT2D eigenvalue weighted by atomic mass is 15.1. The Morgan fingerprint density at radius 2 is 2.25 bits per heavy atom. The molecule has 5 heteroatoms. The molecule has 0 bridgehead atoms. The Morgan fingerprint density at radius 1 is 1.33 bits per heavy atom. The van der Waals surface area contributed by atoms with E-state index in [0.29, 0.717) is 12.4 Å². The molecule has 2 heterocycles.